The van der Waals surface area contributed by atoms with Crippen LogP contribution in [-0.4, -0.2) is 35.7 Å². The minimum Gasteiger partial charge on any atom is -0.396 e. The van der Waals surface area contributed by atoms with Crippen molar-refractivity contribution in [1.82, 2.24) is 4.90 Å². The predicted molar refractivity (Wildman–Crippen MR) is 108 cm³/mol. The lowest BCUT2D eigenvalue weighted by Crippen LogP contribution is -2.48. The first kappa shape index (κ1) is 20.4. The summed E-state index contributed by atoms with van der Waals surface area (Å²) in [4.78, 5) is 2.52. The molecule has 0 radical (unpaired) electrons. The topological polar surface area (TPSA) is 23.5 Å². The predicted octanol–water partition coefficient (Wildman–Crippen LogP) is 4.88. The lowest BCUT2D eigenvalue weighted by molar-refractivity contribution is -0.137. The van der Waals surface area contributed by atoms with E-state index in [1.165, 1.54) is 23.3 Å². The van der Waals surface area contributed by atoms with Gasteiger partial charge in [-0.2, -0.15) is 13.2 Å². The summed E-state index contributed by atoms with van der Waals surface area (Å²) in [6.07, 6.45) is 1.12. The molecule has 5 heteroatoms. The third kappa shape index (κ3) is 4.51. The van der Waals surface area contributed by atoms with Gasteiger partial charge in [0.25, 0.3) is 0 Å². The zero-order valence-corrected chi connectivity index (χ0v) is 16.6. The lowest BCUT2D eigenvalue weighted by Gasteiger charge is -2.45. The molecule has 2 aromatic carbocycles. The molecule has 2 nitrogen and oxygen atoms in total. The summed E-state index contributed by atoms with van der Waals surface area (Å²) in [7, 11) is 0. The van der Waals surface area contributed by atoms with Crippen molar-refractivity contribution in [3.8, 4) is 0 Å². The molecule has 0 spiro atoms. The van der Waals surface area contributed by atoms with Crippen LogP contribution in [0.15, 0.2) is 48.5 Å². The summed E-state index contributed by atoms with van der Waals surface area (Å²) in [5, 5.41) is 10.1. The average Bonchev–Trinajstić information content (AvgIpc) is 2.73. The molecule has 1 N–H and O–H groups in total. The van der Waals surface area contributed by atoms with Crippen molar-refractivity contribution in [3.63, 3.8) is 0 Å². The summed E-state index contributed by atoms with van der Waals surface area (Å²) in [6, 6.07) is 14.7. The van der Waals surface area contributed by atoms with E-state index in [1.807, 2.05) is 0 Å². The molecule has 1 atom stereocenters. The van der Waals surface area contributed by atoms with Gasteiger partial charge in [-0.25, -0.2) is 0 Å². The number of aliphatic hydroxyl groups excluding tert-OH is 1. The van der Waals surface area contributed by atoms with Gasteiger partial charge in [0.05, 0.1) is 5.56 Å². The number of likely N-dealkylation sites (tertiary alicyclic amines) is 1. The first-order chi connectivity index (χ1) is 13.9. The highest BCUT2D eigenvalue weighted by Gasteiger charge is 2.37. The standard InChI is InChI=1S/C24H28F3NO/c25-24(26,27)21-7-3-4-18(14-21)16-23(17-29)10-12-28(13-11-23)22-9-8-19-5-1-2-6-20(19)15-22/h1-7,14,22,29H,8-13,15-17H2. The maximum atomic E-state index is 13.0. The Morgan fingerprint density at radius 1 is 1.00 bits per heavy atom. The first-order valence-electron chi connectivity index (χ1n) is 10.5. The molecule has 2 aliphatic rings. The van der Waals surface area contributed by atoms with Gasteiger partial charge in [-0.15, -0.1) is 0 Å². The Morgan fingerprint density at radius 2 is 1.72 bits per heavy atom. The maximum Gasteiger partial charge on any atom is 0.416 e. The maximum absolute atomic E-state index is 13.0. The number of aryl methyl sites for hydroxylation is 1. The summed E-state index contributed by atoms with van der Waals surface area (Å²) >= 11 is 0. The second-order valence-corrected chi connectivity index (χ2v) is 8.73. The van der Waals surface area contributed by atoms with Crippen molar-refractivity contribution < 1.29 is 18.3 Å². The molecule has 1 fully saturated rings. The van der Waals surface area contributed by atoms with E-state index in [4.69, 9.17) is 0 Å². The Morgan fingerprint density at radius 3 is 2.41 bits per heavy atom. The van der Waals surface area contributed by atoms with E-state index >= 15 is 0 Å². The molecular weight excluding hydrogens is 375 g/mol. The van der Waals surface area contributed by atoms with Crippen molar-refractivity contribution in [2.24, 2.45) is 5.41 Å². The Hall–Kier alpha value is -1.85. The number of rotatable bonds is 4. The van der Waals surface area contributed by atoms with Crippen LogP contribution in [-0.2, 0) is 25.4 Å². The molecule has 0 aromatic heterocycles. The van der Waals surface area contributed by atoms with Gasteiger partial charge < -0.3 is 10.0 Å². The summed E-state index contributed by atoms with van der Waals surface area (Å²) in [5.74, 6) is 0. The minimum atomic E-state index is -4.33. The van der Waals surface area contributed by atoms with Gasteiger partial charge in [0.1, 0.15) is 0 Å². The normalized spacial score (nSPS) is 22.3. The molecule has 156 valence electrons. The molecule has 2 aromatic rings. The molecule has 1 aliphatic heterocycles. The molecule has 4 rings (SSSR count). The second kappa shape index (κ2) is 8.11. The van der Waals surface area contributed by atoms with E-state index in [0.29, 0.717) is 18.0 Å². The van der Waals surface area contributed by atoms with Crippen molar-refractivity contribution in [1.29, 1.82) is 0 Å². The van der Waals surface area contributed by atoms with Crippen molar-refractivity contribution >= 4 is 0 Å². The SMILES string of the molecule is OCC1(Cc2cccc(C(F)(F)F)c2)CCN(C2CCc3ccccc3C2)CC1. The fraction of sp³-hybridized carbons (Fsp3) is 0.500. The molecule has 1 aliphatic carbocycles. The van der Waals surface area contributed by atoms with Crippen LogP contribution in [0.2, 0.25) is 0 Å². The van der Waals surface area contributed by atoms with Crippen LogP contribution < -0.4 is 0 Å². The highest BCUT2D eigenvalue weighted by Crippen LogP contribution is 2.38. The molecule has 29 heavy (non-hydrogen) atoms. The van der Waals surface area contributed by atoms with Crippen LogP contribution in [0, 0.1) is 5.41 Å². The summed E-state index contributed by atoms with van der Waals surface area (Å²) in [6.45, 7) is 1.81. The number of aliphatic hydroxyl groups is 1. The van der Waals surface area contributed by atoms with E-state index in [-0.39, 0.29) is 12.0 Å². The van der Waals surface area contributed by atoms with E-state index in [1.54, 1.807) is 6.07 Å². The molecule has 1 heterocycles. The smallest absolute Gasteiger partial charge is 0.396 e. The fourth-order valence-corrected chi connectivity index (χ4v) is 5.04. The fourth-order valence-electron chi connectivity index (χ4n) is 5.04. The molecule has 1 unspecified atom stereocenters. The van der Waals surface area contributed by atoms with Gasteiger partial charge in [0, 0.05) is 12.6 Å². The van der Waals surface area contributed by atoms with Crippen LogP contribution in [0.25, 0.3) is 0 Å². The molecule has 0 amide bonds. The van der Waals surface area contributed by atoms with Crippen molar-refractivity contribution in [2.45, 2.75) is 50.7 Å². The Labute approximate surface area is 170 Å². The van der Waals surface area contributed by atoms with Gasteiger partial charge in [-0.3, -0.25) is 0 Å². The highest BCUT2D eigenvalue weighted by molar-refractivity contribution is 5.30. The first-order valence-corrected chi connectivity index (χ1v) is 10.5. The third-order valence-electron chi connectivity index (χ3n) is 6.86. The minimum absolute atomic E-state index is 0.0184. The number of piperidine rings is 1. The van der Waals surface area contributed by atoms with Crippen LogP contribution >= 0.6 is 0 Å². The Bertz CT molecular complexity index is 840. The van der Waals surface area contributed by atoms with Crippen molar-refractivity contribution in [2.75, 3.05) is 19.7 Å². The van der Waals surface area contributed by atoms with E-state index in [0.717, 1.165) is 51.3 Å². The van der Waals surface area contributed by atoms with Crippen LogP contribution in [0.4, 0.5) is 13.2 Å². The number of fused-ring (bicyclic) bond motifs is 1. The number of hydrogen-bond donors (Lipinski definition) is 1. The highest BCUT2D eigenvalue weighted by atomic mass is 19.4. The molecule has 1 saturated heterocycles. The van der Waals surface area contributed by atoms with Gasteiger partial charge in [0.15, 0.2) is 0 Å². The number of benzene rings is 2. The van der Waals surface area contributed by atoms with Gasteiger partial charge in [-0.05, 0) is 79.8 Å². The molecular formula is C24H28F3NO. The zero-order chi connectivity index (χ0) is 20.5. The van der Waals surface area contributed by atoms with Gasteiger partial charge in [-0.1, -0.05) is 42.5 Å². The quantitative estimate of drug-likeness (QED) is 0.787. The van der Waals surface area contributed by atoms with Crippen LogP contribution in [0.5, 0.6) is 0 Å². The lowest BCUT2D eigenvalue weighted by atomic mass is 9.73. The molecule has 0 bridgehead atoms. The largest absolute Gasteiger partial charge is 0.416 e. The number of nitrogens with zero attached hydrogens (tertiary/aromatic N) is 1. The van der Waals surface area contributed by atoms with Crippen molar-refractivity contribution in [3.05, 3.63) is 70.8 Å². The summed E-state index contributed by atoms with van der Waals surface area (Å²) < 4.78 is 39.1. The third-order valence-corrected chi connectivity index (χ3v) is 6.86. The van der Waals surface area contributed by atoms with Crippen LogP contribution in [0.1, 0.15) is 41.5 Å². The zero-order valence-electron chi connectivity index (χ0n) is 16.6. The monoisotopic (exact) mass is 403 g/mol. The second-order valence-electron chi connectivity index (χ2n) is 8.73. The van der Waals surface area contributed by atoms with E-state index in [9.17, 15) is 18.3 Å². The Kier molecular flexibility index (Phi) is 5.71. The number of alkyl halides is 3. The Balaban J connectivity index is 1.41. The van der Waals surface area contributed by atoms with Crippen LogP contribution in [0.3, 0.4) is 0 Å². The average molecular weight is 403 g/mol. The van der Waals surface area contributed by atoms with E-state index < -0.39 is 11.7 Å². The van der Waals surface area contributed by atoms with Gasteiger partial charge in [0.2, 0.25) is 0 Å². The number of hydrogen-bond acceptors (Lipinski definition) is 2. The number of halogens is 3. The van der Waals surface area contributed by atoms with E-state index in [2.05, 4.69) is 29.2 Å². The van der Waals surface area contributed by atoms with Gasteiger partial charge >= 0.3 is 6.18 Å². The summed E-state index contributed by atoms with van der Waals surface area (Å²) in [5.41, 5.74) is 2.62. The molecule has 0 saturated carbocycles.